The summed E-state index contributed by atoms with van der Waals surface area (Å²) in [5, 5.41) is 3.76. The first-order valence-electron chi connectivity index (χ1n) is 7.50. The number of hydrogen-bond donors (Lipinski definition) is 1. The lowest BCUT2D eigenvalue weighted by molar-refractivity contribution is 0.225. The molecular weight excluding hydrogens is 218 g/mol. The normalized spacial score (nSPS) is 28.3. The van der Waals surface area contributed by atoms with Crippen LogP contribution in [-0.4, -0.2) is 6.04 Å². The lowest BCUT2D eigenvalue weighted by Gasteiger charge is -2.32. The van der Waals surface area contributed by atoms with Crippen LogP contribution in [0.25, 0.3) is 0 Å². The second kappa shape index (κ2) is 6.38. The quantitative estimate of drug-likeness (QED) is 0.839. The third-order valence-corrected chi connectivity index (χ3v) is 4.68. The molecule has 1 fully saturated rings. The van der Waals surface area contributed by atoms with E-state index < -0.39 is 0 Å². The van der Waals surface area contributed by atoms with Crippen LogP contribution in [0.15, 0.2) is 24.3 Å². The molecule has 1 aliphatic rings. The Hall–Kier alpha value is -0.820. The van der Waals surface area contributed by atoms with Crippen LogP contribution in [-0.2, 0) is 13.0 Å². The summed E-state index contributed by atoms with van der Waals surface area (Å²) in [6.07, 6.45) is 5.21. The van der Waals surface area contributed by atoms with Crippen LogP contribution in [0.1, 0.15) is 51.2 Å². The van der Waals surface area contributed by atoms with Gasteiger partial charge in [0.05, 0.1) is 0 Å². The second-order valence-corrected chi connectivity index (χ2v) is 5.97. The van der Waals surface area contributed by atoms with Gasteiger partial charge in [-0.2, -0.15) is 0 Å². The molecule has 1 aliphatic carbocycles. The van der Waals surface area contributed by atoms with Gasteiger partial charge in [-0.3, -0.25) is 0 Å². The summed E-state index contributed by atoms with van der Waals surface area (Å²) in [7, 11) is 0. The monoisotopic (exact) mass is 245 g/mol. The Kier molecular flexibility index (Phi) is 4.82. The van der Waals surface area contributed by atoms with Crippen molar-refractivity contribution in [2.75, 3.05) is 0 Å². The van der Waals surface area contributed by atoms with Crippen LogP contribution < -0.4 is 5.32 Å². The van der Waals surface area contributed by atoms with Crippen LogP contribution in [0.2, 0.25) is 0 Å². The van der Waals surface area contributed by atoms with E-state index in [2.05, 4.69) is 50.4 Å². The van der Waals surface area contributed by atoms with E-state index in [0.29, 0.717) is 0 Å². The summed E-state index contributed by atoms with van der Waals surface area (Å²) in [6.45, 7) is 8.07. The number of rotatable bonds is 4. The van der Waals surface area contributed by atoms with Gasteiger partial charge in [-0.25, -0.2) is 0 Å². The minimum atomic E-state index is 0.723. The zero-order chi connectivity index (χ0) is 13.0. The van der Waals surface area contributed by atoms with E-state index in [1.165, 1.54) is 30.4 Å². The van der Waals surface area contributed by atoms with Gasteiger partial charge in [0.2, 0.25) is 0 Å². The molecular formula is C17H27N. The minimum Gasteiger partial charge on any atom is -0.310 e. The maximum absolute atomic E-state index is 3.76. The van der Waals surface area contributed by atoms with Gasteiger partial charge < -0.3 is 5.32 Å². The third kappa shape index (κ3) is 3.35. The minimum absolute atomic E-state index is 0.723. The van der Waals surface area contributed by atoms with E-state index in [0.717, 1.165) is 30.8 Å². The Morgan fingerprint density at radius 1 is 1.06 bits per heavy atom. The fourth-order valence-corrected chi connectivity index (χ4v) is 3.06. The standard InChI is InChI=1S/C17H27N/c1-4-15-7-5-6-8-16(15)12-18-17-10-9-13(2)14(3)11-17/h5-8,13-14,17-18H,4,9-12H2,1-3H3. The molecule has 1 heteroatoms. The van der Waals surface area contributed by atoms with Crippen LogP contribution in [0.4, 0.5) is 0 Å². The smallest absolute Gasteiger partial charge is 0.0210 e. The molecule has 0 bridgehead atoms. The first kappa shape index (κ1) is 13.6. The molecule has 0 heterocycles. The maximum atomic E-state index is 3.76. The van der Waals surface area contributed by atoms with Crippen molar-refractivity contribution >= 4 is 0 Å². The van der Waals surface area contributed by atoms with E-state index in [1.807, 2.05) is 0 Å². The Morgan fingerprint density at radius 3 is 2.44 bits per heavy atom. The average molecular weight is 245 g/mol. The van der Waals surface area contributed by atoms with Crippen LogP contribution >= 0.6 is 0 Å². The highest BCUT2D eigenvalue weighted by atomic mass is 14.9. The first-order valence-corrected chi connectivity index (χ1v) is 7.50. The summed E-state index contributed by atoms with van der Waals surface area (Å²) in [5.74, 6) is 1.78. The molecule has 1 aromatic rings. The number of aryl methyl sites for hydroxylation is 1. The molecule has 0 amide bonds. The van der Waals surface area contributed by atoms with E-state index >= 15 is 0 Å². The van der Waals surface area contributed by atoms with Gasteiger partial charge in [-0.15, -0.1) is 0 Å². The van der Waals surface area contributed by atoms with Gasteiger partial charge in [0.25, 0.3) is 0 Å². The topological polar surface area (TPSA) is 12.0 Å². The van der Waals surface area contributed by atoms with Crippen molar-refractivity contribution in [1.82, 2.24) is 5.32 Å². The van der Waals surface area contributed by atoms with E-state index in [1.54, 1.807) is 0 Å². The molecule has 3 atom stereocenters. The van der Waals surface area contributed by atoms with Crippen molar-refractivity contribution in [3.8, 4) is 0 Å². The van der Waals surface area contributed by atoms with Crippen molar-refractivity contribution in [2.24, 2.45) is 11.8 Å². The number of hydrogen-bond acceptors (Lipinski definition) is 1. The molecule has 1 saturated carbocycles. The van der Waals surface area contributed by atoms with Gasteiger partial charge in [0.15, 0.2) is 0 Å². The molecule has 0 aliphatic heterocycles. The van der Waals surface area contributed by atoms with Crippen molar-refractivity contribution in [2.45, 2.75) is 59.0 Å². The van der Waals surface area contributed by atoms with Gasteiger partial charge in [0.1, 0.15) is 0 Å². The summed E-state index contributed by atoms with van der Waals surface area (Å²) < 4.78 is 0. The average Bonchev–Trinajstić information content (AvgIpc) is 2.40. The Balaban J connectivity index is 1.88. The zero-order valence-electron chi connectivity index (χ0n) is 12.1. The van der Waals surface area contributed by atoms with Crippen molar-refractivity contribution < 1.29 is 0 Å². The van der Waals surface area contributed by atoms with Crippen LogP contribution in [0, 0.1) is 11.8 Å². The van der Waals surface area contributed by atoms with Crippen molar-refractivity contribution in [3.63, 3.8) is 0 Å². The number of benzene rings is 1. The van der Waals surface area contributed by atoms with Gasteiger partial charge >= 0.3 is 0 Å². The van der Waals surface area contributed by atoms with Crippen molar-refractivity contribution in [1.29, 1.82) is 0 Å². The molecule has 1 nitrogen and oxygen atoms in total. The summed E-state index contributed by atoms with van der Waals surface area (Å²) in [6, 6.07) is 9.54. The van der Waals surface area contributed by atoms with E-state index in [9.17, 15) is 0 Å². The maximum Gasteiger partial charge on any atom is 0.0210 e. The van der Waals surface area contributed by atoms with E-state index in [4.69, 9.17) is 0 Å². The largest absolute Gasteiger partial charge is 0.310 e. The highest BCUT2D eigenvalue weighted by Crippen LogP contribution is 2.29. The van der Waals surface area contributed by atoms with Crippen molar-refractivity contribution in [3.05, 3.63) is 35.4 Å². The molecule has 100 valence electrons. The Morgan fingerprint density at radius 2 is 1.78 bits per heavy atom. The Labute approximate surface area is 112 Å². The van der Waals surface area contributed by atoms with Crippen LogP contribution in [0.3, 0.4) is 0 Å². The SMILES string of the molecule is CCc1ccccc1CNC1CCC(C)C(C)C1. The third-order valence-electron chi connectivity index (χ3n) is 4.68. The predicted molar refractivity (Wildman–Crippen MR) is 78.6 cm³/mol. The number of nitrogens with one attached hydrogen (secondary N) is 1. The molecule has 1 aromatic carbocycles. The molecule has 18 heavy (non-hydrogen) atoms. The Bertz CT molecular complexity index is 372. The molecule has 2 rings (SSSR count). The highest BCUT2D eigenvalue weighted by molar-refractivity contribution is 5.26. The van der Waals surface area contributed by atoms with Gasteiger partial charge in [-0.1, -0.05) is 45.0 Å². The first-order chi connectivity index (χ1) is 8.70. The fraction of sp³-hybridized carbons (Fsp3) is 0.647. The molecule has 0 aromatic heterocycles. The molecule has 1 N–H and O–H groups in total. The summed E-state index contributed by atoms with van der Waals surface area (Å²) >= 11 is 0. The highest BCUT2D eigenvalue weighted by Gasteiger charge is 2.23. The lowest BCUT2D eigenvalue weighted by Crippen LogP contribution is -2.35. The zero-order valence-corrected chi connectivity index (χ0v) is 12.1. The van der Waals surface area contributed by atoms with Gasteiger partial charge in [-0.05, 0) is 48.6 Å². The predicted octanol–water partition coefficient (Wildman–Crippen LogP) is 4.16. The molecule has 0 saturated heterocycles. The summed E-state index contributed by atoms with van der Waals surface area (Å²) in [4.78, 5) is 0. The molecule has 0 spiro atoms. The van der Waals surface area contributed by atoms with Crippen LogP contribution in [0.5, 0.6) is 0 Å². The molecule has 3 unspecified atom stereocenters. The van der Waals surface area contributed by atoms with Gasteiger partial charge in [0, 0.05) is 12.6 Å². The molecule has 0 radical (unpaired) electrons. The fourth-order valence-electron chi connectivity index (χ4n) is 3.06. The lowest BCUT2D eigenvalue weighted by atomic mass is 9.79. The summed E-state index contributed by atoms with van der Waals surface area (Å²) in [5.41, 5.74) is 2.97. The second-order valence-electron chi connectivity index (χ2n) is 5.97. The van der Waals surface area contributed by atoms with E-state index in [-0.39, 0.29) is 0 Å².